The van der Waals surface area contributed by atoms with E-state index >= 15 is 0 Å². The molecule has 0 saturated heterocycles. The minimum atomic E-state index is -0.464. The molecule has 1 aromatic heterocycles. The fourth-order valence-corrected chi connectivity index (χ4v) is 1.39. The first kappa shape index (κ1) is 11.1. The molecule has 0 aliphatic rings. The van der Waals surface area contributed by atoms with Gasteiger partial charge in [0.25, 0.3) is 0 Å². The van der Waals surface area contributed by atoms with Crippen molar-refractivity contribution in [1.82, 2.24) is 4.98 Å². The molecular weight excluding hydrogens is 218 g/mol. The van der Waals surface area contributed by atoms with Crippen LogP contribution in [0.3, 0.4) is 0 Å². The lowest BCUT2D eigenvalue weighted by Crippen LogP contribution is -2.08. The number of aromatic nitrogens is 1. The van der Waals surface area contributed by atoms with Crippen LogP contribution in [-0.4, -0.2) is 11.0 Å². The first-order valence-electron chi connectivity index (χ1n) is 5.07. The average molecular weight is 229 g/mol. The van der Waals surface area contributed by atoms with Gasteiger partial charge in [0.15, 0.2) is 0 Å². The van der Waals surface area contributed by atoms with Crippen molar-refractivity contribution in [3.8, 4) is 5.75 Å². The van der Waals surface area contributed by atoms with Crippen LogP contribution in [0.2, 0.25) is 0 Å². The minimum Gasteiger partial charge on any atom is -0.423 e. The molecule has 0 saturated carbocycles. The molecule has 0 aliphatic carbocycles. The molecule has 0 fully saturated rings. The Morgan fingerprint density at radius 2 is 2.06 bits per heavy atom. The van der Waals surface area contributed by atoms with E-state index in [2.05, 4.69) is 11.6 Å². The molecule has 0 amide bonds. The number of hydrogen-bond acceptors (Lipinski definition) is 3. The zero-order chi connectivity index (χ0) is 12.4. The molecule has 86 valence electrons. The van der Waals surface area contributed by atoms with E-state index in [9.17, 15) is 9.59 Å². The fourth-order valence-electron chi connectivity index (χ4n) is 1.39. The van der Waals surface area contributed by atoms with Crippen molar-refractivity contribution >= 4 is 16.9 Å². The quantitative estimate of drug-likeness (QED) is 0.487. The number of rotatable bonds is 2. The predicted octanol–water partition coefficient (Wildman–Crippen LogP) is 2.01. The van der Waals surface area contributed by atoms with Crippen molar-refractivity contribution in [3.63, 3.8) is 0 Å². The lowest BCUT2D eigenvalue weighted by molar-refractivity contribution is -0.130. The summed E-state index contributed by atoms with van der Waals surface area (Å²) in [4.78, 5) is 25.1. The number of benzene rings is 1. The highest BCUT2D eigenvalue weighted by atomic mass is 16.5. The second kappa shape index (κ2) is 4.25. The second-order valence-electron chi connectivity index (χ2n) is 3.74. The highest BCUT2D eigenvalue weighted by molar-refractivity contribution is 5.89. The number of nitrogens with one attached hydrogen (secondary N) is 1. The standard InChI is InChI=1S/C13H11NO3/c1-8(2)13(16)17-10-4-5-11-9(7-10)3-6-12(15)14-11/h3-7H,1H2,2H3,(H,14,15). The summed E-state index contributed by atoms with van der Waals surface area (Å²) in [6.45, 7) is 5.09. The van der Waals surface area contributed by atoms with Crippen LogP contribution >= 0.6 is 0 Å². The van der Waals surface area contributed by atoms with Gasteiger partial charge in [-0.1, -0.05) is 6.58 Å². The molecular formula is C13H11NO3. The van der Waals surface area contributed by atoms with Crippen molar-refractivity contribution in [2.24, 2.45) is 0 Å². The highest BCUT2D eigenvalue weighted by Crippen LogP contribution is 2.18. The Balaban J connectivity index is 2.38. The van der Waals surface area contributed by atoms with Gasteiger partial charge in [-0.2, -0.15) is 0 Å². The van der Waals surface area contributed by atoms with Gasteiger partial charge in [-0.3, -0.25) is 4.79 Å². The molecule has 1 heterocycles. The van der Waals surface area contributed by atoms with E-state index in [1.54, 1.807) is 31.2 Å². The van der Waals surface area contributed by atoms with Crippen LogP contribution in [0.5, 0.6) is 5.75 Å². The Labute approximate surface area is 97.5 Å². The van der Waals surface area contributed by atoms with E-state index in [0.717, 1.165) is 5.39 Å². The van der Waals surface area contributed by atoms with Crippen molar-refractivity contribution in [2.75, 3.05) is 0 Å². The number of pyridine rings is 1. The van der Waals surface area contributed by atoms with E-state index in [1.807, 2.05) is 0 Å². The van der Waals surface area contributed by atoms with E-state index in [4.69, 9.17) is 4.74 Å². The smallest absolute Gasteiger partial charge is 0.338 e. The topological polar surface area (TPSA) is 59.2 Å². The van der Waals surface area contributed by atoms with Crippen molar-refractivity contribution in [1.29, 1.82) is 0 Å². The van der Waals surface area contributed by atoms with Crippen LogP contribution in [0.4, 0.5) is 0 Å². The molecule has 0 radical (unpaired) electrons. The fraction of sp³-hybridized carbons (Fsp3) is 0.0769. The van der Waals surface area contributed by atoms with Crippen LogP contribution in [0.15, 0.2) is 47.3 Å². The Morgan fingerprint density at radius 1 is 1.29 bits per heavy atom. The largest absolute Gasteiger partial charge is 0.423 e. The van der Waals surface area contributed by atoms with Crippen LogP contribution in [0.1, 0.15) is 6.92 Å². The number of carbonyl (C=O) groups is 1. The van der Waals surface area contributed by atoms with Gasteiger partial charge in [0.05, 0.1) is 0 Å². The van der Waals surface area contributed by atoms with E-state index in [-0.39, 0.29) is 5.56 Å². The number of carbonyl (C=O) groups excluding carboxylic acids is 1. The molecule has 2 rings (SSSR count). The molecule has 1 N–H and O–H groups in total. The van der Waals surface area contributed by atoms with Gasteiger partial charge in [-0.25, -0.2) is 4.79 Å². The summed E-state index contributed by atoms with van der Waals surface area (Å²) in [6.07, 6.45) is 0. The van der Waals surface area contributed by atoms with Crippen molar-refractivity contribution < 1.29 is 9.53 Å². The molecule has 1 aromatic carbocycles. The van der Waals surface area contributed by atoms with Gasteiger partial charge in [0.1, 0.15) is 5.75 Å². The van der Waals surface area contributed by atoms with Gasteiger partial charge in [-0.05, 0) is 31.2 Å². The number of H-pyrrole nitrogens is 1. The van der Waals surface area contributed by atoms with Gasteiger partial charge in [-0.15, -0.1) is 0 Å². The lowest BCUT2D eigenvalue weighted by Gasteiger charge is -2.04. The summed E-state index contributed by atoms with van der Waals surface area (Å²) >= 11 is 0. The van der Waals surface area contributed by atoms with Gasteiger partial charge < -0.3 is 9.72 Å². The highest BCUT2D eigenvalue weighted by Gasteiger charge is 2.05. The summed E-state index contributed by atoms with van der Waals surface area (Å²) in [5, 5.41) is 0.802. The maximum Gasteiger partial charge on any atom is 0.338 e. The molecule has 4 heteroatoms. The molecule has 17 heavy (non-hydrogen) atoms. The Hall–Kier alpha value is -2.36. The maximum atomic E-state index is 11.3. The number of ether oxygens (including phenoxy) is 1. The minimum absolute atomic E-state index is 0.163. The van der Waals surface area contributed by atoms with Crippen LogP contribution < -0.4 is 10.3 Å². The van der Waals surface area contributed by atoms with Gasteiger partial charge >= 0.3 is 5.97 Å². The average Bonchev–Trinajstić information content (AvgIpc) is 2.29. The predicted molar refractivity (Wildman–Crippen MR) is 65.0 cm³/mol. The number of aromatic amines is 1. The number of esters is 1. The summed E-state index contributed by atoms with van der Waals surface area (Å²) < 4.78 is 5.08. The summed E-state index contributed by atoms with van der Waals surface area (Å²) in [6, 6.07) is 8.10. The van der Waals surface area contributed by atoms with Gasteiger partial charge in [0.2, 0.25) is 5.56 Å². The number of fused-ring (bicyclic) bond motifs is 1. The monoisotopic (exact) mass is 229 g/mol. The third-order valence-electron chi connectivity index (χ3n) is 2.25. The molecule has 0 aliphatic heterocycles. The van der Waals surface area contributed by atoms with E-state index < -0.39 is 5.97 Å². The zero-order valence-electron chi connectivity index (χ0n) is 9.32. The summed E-state index contributed by atoms with van der Waals surface area (Å²) in [5.74, 6) is -0.0358. The third-order valence-corrected chi connectivity index (χ3v) is 2.25. The second-order valence-corrected chi connectivity index (χ2v) is 3.74. The van der Waals surface area contributed by atoms with Crippen LogP contribution in [0.25, 0.3) is 10.9 Å². The van der Waals surface area contributed by atoms with Crippen LogP contribution in [-0.2, 0) is 4.79 Å². The maximum absolute atomic E-state index is 11.3. The summed E-state index contributed by atoms with van der Waals surface area (Å²) in [5.41, 5.74) is 0.878. The molecule has 0 spiro atoms. The molecule has 0 unspecified atom stereocenters. The third kappa shape index (κ3) is 2.42. The van der Waals surface area contributed by atoms with Crippen molar-refractivity contribution in [3.05, 3.63) is 52.8 Å². The van der Waals surface area contributed by atoms with E-state index in [0.29, 0.717) is 16.8 Å². The molecule has 4 nitrogen and oxygen atoms in total. The lowest BCUT2D eigenvalue weighted by atomic mass is 10.2. The zero-order valence-corrected chi connectivity index (χ0v) is 9.32. The Bertz CT molecular complexity index is 655. The Morgan fingerprint density at radius 3 is 2.76 bits per heavy atom. The first-order chi connectivity index (χ1) is 8.06. The Kier molecular flexibility index (Phi) is 2.78. The normalized spacial score (nSPS) is 10.2. The van der Waals surface area contributed by atoms with Gasteiger partial charge in [0, 0.05) is 22.5 Å². The van der Waals surface area contributed by atoms with E-state index in [1.165, 1.54) is 6.07 Å². The number of hydrogen-bond donors (Lipinski definition) is 1. The molecule has 0 bridgehead atoms. The first-order valence-corrected chi connectivity index (χ1v) is 5.07. The van der Waals surface area contributed by atoms with Crippen LogP contribution in [0, 0.1) is 0 Å². The summed E-state index contributed by atoms with van der Waals surface area (Å²) in [7, 11) is 0. The molecule has 2 aromatic rings. The SMILES string of the molecule is C=C(C)C(=O)Oc1ccc2[nH]c(=O)ccc2c1. The van der Waals surface area contributed by atoms with Crippen molar-refractivity contribution in [2.45, 2.75) is 6.92 Å². The molecule has 0 atom stereocenters.